The van der Waals surface area contributed by atoms with E-state index in [0.717, 1.165) is 36.6 Å². The number of rotatable bonds is 7. The molecule has 1 aliphatic heterocycles. The van der Waals surface area contributed by atoms with Crippen molar-refractivity contribution in [3.05, 3.63) is 53.8 Å². The first kappa shape index (κ1) is 19.2. The molecule has 1 N–H and O–H groups in total. The first-order valence-electron chi connectivity index (χ1n) is 9.10. The highest BCUT2D eigenvalue weighted by molar-refractivity contribution is 5.90. The molecule has 1 aliphatic rings. The van der Waals surface area contributed by atoms with Crippen molar-refractivity contribution in [2.24, 2.45) is 0 Å². The average molecular weight is 372 g/mol. The molecule has 1 fully saturated rings. The SMILES string of the molecule is COc1cccc(C2CCN(CCC(=O)Nc3ccccc3F)C2)c1OC. The summed E-state index contributed by atoms with van der Waals surface area (Å²) in [6.07, 6.45) is 1.33. The molecule has 3 rings (SSSR count). The molecule has 144 valence electrons. The molecule has 6 heteroatoms. The van der Waals surface area contributed by atoms with E-state index in [2.05, 4.69) is 16.3 Å². The van der Waals surface area contributed by atoms with E-state index >= 15 is 0 Å². The zero-order chi connectivity index (χ0) is 19.2. The fourth-order valence-electron chi connectivity index (χ4n) is 3.56. The molecule has 0 saturated carbocycles. The topological polar surface area (TPSA) is 50.8 Å². The van der Waals surface area contributed by atoms with Gasteiger partial charge in [-0.2, -0.15) is 0 Å². The molecule has 0 bridgehead atoms. The van der Waals surface area contributed by atoms with Gasteiger partial charge < -0.3 is 19.7 Å². The van der Waals surface area contributed by atoms with E-state index < -0.39 is 5.82 Å². The largest absolute Gasteiger partial charge is 0.493 e. The zero-order valence-electron chi connectivity index (χ0n) is 15.7. The van der Waals surface area contributed by atoms with Gasteiger partial charge >= 0.3 is 0 Å². The maximum atomic E-state index is 13.6. The fraction of sp³-hybridized carbons (Fsp3) is 0.381. The molecule has 27 heavy (non-hydrogen) atoms. The molecule has 0 radical (unpaired) electrons. The number of halogens is 1. The molecule has 1 unspecified atom stereocenters. The summed E-state index contributed by atoms with van der Waals surface area (Å²) in [6.45, 7) is 2.41. The molecule has 1 saturated heterocycles. The van der Waals surface area contributed by atoms with Crippen LogP contribution in [-0.2, 0) is 4.79 Å². The van der Waals surface area contributed by atoms with Gasteiger partial charge in [0.1, 0.15) is 5.82 Å². The number of carbonyl (C=O) groups excluding carboxylic acids is 1. The summed E-state index contributed by atoms with van der Waals surface area (Å²) in [5, 5.41) is 2.63. The lowest BCUT2D eigenvalue weighted by atomic mass is 9.97. The molecule has 0 aromatic heterocycles. The summed E-state index contributed by atoms with van der Waals surface area (Å²) < 4.78 is 24.6. The Labute approximate surface area is 159 Å². The van der Waals surface area contributed by atoms with Crippen LogP contribution in [0.5, 0.6) is 11.5 Å². The van der Waals surface area contributed by atoms with Gasteiger partial charge in [0.2, 0.25) is 5.91 Å². The van der Waals surface area contributed by atoms with Crippen molar-refractivity contribution in [2.75, 3.05) is 39.2 Å². The van der Waals surface area contributed by atoms with Crippen molar-refractivity contribution in [2.45, 2.75) is 18.8 Å². The lowest BCUT2D eigenvalue weighted by Gasteiger charge is -2.18. The van der Waals surface area contributed by atoms with Crippen molar-refractivity contribution < 1.29 is 18.7 Å². The number of hydrogen-bond acceptors (Lipinski definition) is 4. The number of para-hydroxylation sites is 2. The second-order valence-electron chi connectivity index (χ2n) is 6.65. The van der Waals surface area contributed by atoms with E-state index in [9.17, 15) is 9.18 Å². The Hall–Kier alpha value is -2.60. The number of likely N-dealkylation sites (tertiary alicyclic amines) is 1. The molecule has 2 aromatic rings. The number of ether oxygens (including phenoxy) is 2. The van der Waals surface area contributed by atoms with E-state index in [1.807, 2.05) is 12.1 Å². The number of amides is 1. The highest BCUT2D eigenvalue weighted by Gasteiger charge is 2.27. The molecular weight excluding hydrogens is 347 g/mol. The number of nitrogens with one attached hydrogen (secondary N) is 1. The van der Waals surface area contributed by atoms with Gasteiger partial charge in [-0.3, -0.25) is 4.79 Å². The lowest BCUT2D eigenvalue weighted by Crippen LogP contribution is -2.26. The molecule has 1 heterocycles. The van der Waals surface area contributed by atoms with Crippen molar-refractivity contribution in [3.8, 4) is 11.5 Å². The quantitative estimate of drug-likeness (QED) is 0.806. The first-order chi connectivity index (χ1) is 13.1. The van der Waals surface area contributed by atoms with Gasteiger partial charge in [-0.1, -0.05) is 24.3 Å². The molecule has 1 atom stereocenters. The second-order valence-corrected chi connectivity index (χ2v) is 6.65. The monoisotopic (exact) mass is 372 g/mol. The molecule has 0 aliphatic carbocycles. The van der Waals surface area contributed by atoms with Crippen LogP contribution in [0, 0.1) is 5.82 Å². The maximum absolute atomic E-state index is 13.6. The second kappa shape index (κ2) is 8.86. The first-order valence-corrected chi connectivity index (χ1v) is 9.10. The molecule has 5 nitrogen and oxygen atoms in total. The third-order valence-electron chi connectivity index (χ3n) is 4.95. The van der Waals surface area contributed by atoms with Crippen molar-refractivity contribution in [3.63, 3.8) is 0 Å². The van der Waals surface area contributed by atoms with E-state index in [-0.39, 0.29) is 11.6 Å². The summed E-state index contributed by atoms with van der Waals surface area (Å²) >= 11 is 0. The van der Waals surface area contributed by atoms with Gasteiger partial charge in [0.05, 0.1) is 19.9 Å². The van der Waals surface area contributed by atoms with Crippen molar-refractivity contribution in [1.82, 2.24) is 4.90 Å². The standard InChI is InChI=1S/C21H25FN2O3/c1-26-19-9-5-6-16(21(19)27-2)15-10-12-24(14-15)13-11-20(25)23-18-8-4-3-7-17(18)22/h3-9,15H,10-14H2,1-2H3,(H,23,25). The fourth-order valence-corrected chi connectivity index (χ4v) is 3.56. The Morgan fingerprint density at radius 3 is 2.74 bits per heavy atom. The van der Waals surface area contributed by atoms with Crippen LogP contribution in [0.4, 0.5) is 10.1 Å². The van der Waals surface area contributed by atoms with Gasteiger partial charge in [-0.05, 0) is 31.2 Å². The minimum Gasteiger partial charge on any atom is -0.493 e. The van der Waals surface area contributed by atoms with Gasteiger partial charge in [-0.15, -0.1) is 0 Å². The summed E-state index contributed by atoms with van der Waals surface area (Å²) in [7, 11) is 3.29. The molecular formula is C21H25FN2O3. The minimum atomic E-state index is -0.419. The van der Waals surface area contributed by atoms with E-state index in [1.54, 1.807) is 32.4 Å². The molecule has 0 spiro atoms. The van der Waals surface area contributed by atoms with Crippen LogP contribution in [0.1, 0.15) is 24.3 Å². The van der Waals surface area contributed by atoms with Gasteiger partial charge in [0.15, 0.2) is 11.5 Å². The van der Waals surface area contributed by atoms with Gasteiger partial charge in [0.25, 0.3) is 0 Å². The van der Waals surface area contributed by atoms with Crippen molar-refractivity contribution >= 4 is 11.6 Å². The third kappa shape index (κ3) is 4.57. The Morgan fingerprint density at radius 1 is 1.19 bits per heavy atom. The maximum Gasteiger partial charge on any atom is 0.225 e. The minimum absolute atomic E-state index is 0.178. The Balaban J connectivity index is 1.55. The highest BCUT2D eigenvalue weighted by atomic mass is 19.1. The summed E-state index contributed by atoms with van der Waals surface area (Å²) in [4.78, 5) is 14.4. The zero-order valence-corrected chi connectivity index (χ0v) is 15.7. The summed E-state index contributed by atoms with van der Waals surface area (Å²) in [5.74, 6) is 1.26. The van der Waals surface area contributed by atoms with Crippen LogP contribution in [0.2, 0.25) is 0 Å². The Bertz CT molecular complexity index is 797. The predicted molar refractivity (Wildman–Crippen MR) is 103 cm³/mol. The summed E-state index contributed by atoms with van der Waals surface area (Å²) in [6, 6.07) is 12.1. The van der Waals surface area contributed by atoms with Crippen LogP contribution < -0.4 is 14.8 Å². The molecule has 2 aromatic carbocycles. The lowest BCUT2D eigenvalue weighted by molar-refractivity contribution is -0.116. The predicted octanol–water partition coefficient (Wildman–Crippen LogP) is 3.66. The van der Waals surface area contributed by atoms with E-state index in [1.165, 1.54) is 6.07 Å². The number of anilines is 1. The normalized spacial score (nSPS) is 16.9. The van der Waals surface area contributed by atoms with Crippen LogP contribution in [0.3, 0.4) is 0 Å². The number of methoxy groups -OCH3 is 2. The van der Waals surface area contributed by atoms with Crippen LogP contribution in [-0.4, -0.2) is 44.7 Å². The average Bonchev–Trinajstić information content (AvgIpc) is 3.16. The number of nitrogens with zero attached hydrogens (tertiary/aromatic N) is 1. The number of carbonyl (C=O) groups is 1. The number of benzene rings is 2. The van der Waals surface area contributed by atoms with Crippen molar-refractivity contribution in [1.29, 1.82) is 0 Å². The molecule has 1 amide bonds. The van der Waals surface area contributed by atoms with Crippen LogP contribution in [0.15, 0.2) is 42.5 Å². The Kier molecular flexibility index (Phi) is 6.29. The smallest absolute Gasteiger partial charge is 0.225 e. The van der Waals surface area contributed by atoms with E-state index in [0.29, 0.717) is 18.9 Å². The number of hydrogen-bond donors (Lipinski definition) is 1. The Morgan fingerprint density at radius 2 is 2.00 bits per heavy atom. The van der Waals surface area contributed by atoms with Crippen LogP contribution >= 0.6 is 0 Å². The van der Waals surface area contributed by atoms with Gasteiger partial charge in [0, 0.05) is 31.0 Å². The highest BCUT2D eigenvalue weighted by Crippen LogP contribution is 2.39. The van der Waals surface area contributed by atoms with Crippen LogP contribution in [0.25, 0.3) is 0 Å². The van der Waals surface area contributed by atoms with E-state index in [4.69, 9.17) is 9.47 Å². The van der Waals surface area contributed by atoms with Gasteiger partial charge in [-0.25, -0.2) is 4.39 Å². The third-order valence-corrected chi connectivity index (χ3v) is 4.95. The summed E-state index contributed by atoms with van der Waals surface area (Å²) in [5.41, 5.74) is 1.36.